The predicted octanol–water partition coefficient (Wildman–Crippen LogP) is 1.38. The molecule has 0 aliphatic carbocycles. The van der Waals surface area contributed by atoms with Crippen LogP contribution in [0.15, 0.2) is 24.3 Å². The van der Waals surface area contributed by atoms with E-state index < -0.39 is 0 Å². The molecule has 2 rings (SSSR count). The maximum Gasteiger partial charge on any atom is 0.320 e. The van der Waals surface area contributed by atoms with E-state index in [-0.39, 0.29) is 5.97 Å². The lowest BCUT2D eigenvalue weighted by molar-refractivity contribution is -0.144. The summed E-state index contributed by atoms with van der Waals surface area (Å²) in [5.41, 5.74) is 1.26. The second-order valence-electron chi connectivity index (χ2n) is 5.21. The zero-order chi connectivity index (χ0) is 15.1. The van der Waals surface area contributed by atoms with Crippen LogP contribution in [0.4, 0.5) is 0 Å². The van der Waals surface area contributed by atoms with Crippen molar-refractivity contribution < 1.29 is 14.3 Å². The normalized spacial score (nSPS) is 16.7. The van der Waals surface area contributed by atoms with Crippen LogP contribution in [0.5, 0.6) is 5.75 Å². The third kappa shape index (κ3) is 5.02. The molecule has 1 fully saturated rings. The van der Waals surface area contributed by atoms with E-state index in [0.717, 1.165) is 38.5 Å². The quantitative estimate of drug-likeness (QED) is 0.741. The molecule has 1 saturated heterocycles. The lowest BCUT2D eigenvalue weighted by atomic mass is 10.2. The van der Waals surface area contributed by atoms with E-state index in [2.05, 4.69) is 21.9 Å². The van der Waals surface area contributed by atoms with Crippen molar-refractivity contribution >= 4 is 5.97 Å². The van der Waals surface area contributed by atoms with Crippen LogP contribution in [0, 0.1) is 0 Å². The van der Waals surface area contributed by atoms with Crippen LogP contribution in [0.3, 0.4) is 0 Å². The maximum absolute atomic E-state index is 11.5. The molecular weight excluding hydrogens is 268 g/mol. The van der Waals surface area contributed by atoms with Gasteiger partial charge in [0, 0.05) is 32.7 Å². The Bertz CT molecular complexity index is 457. The van der Waals surface area contributed by atoms with E-state index >= 15 is 0 Å². The zero-order valence-corrected chi connectivity index (χ0v) is 12.9. The van der Waals surface area contributed by atoms with E-state index in [1.54, 1.807) is 7.11 Å². The highest BCUT2D eigenvalue weighted by Crippen LogP contribution is 2.15. The van der Waals surface area contributed by atoms with Gasteiger partial charge in [-0.2, -0.15) is 0 Å². The Labute approximate surface area is 126 Å². The number of esters is 1. The molecule has 0 bridgehead atoms. The summed E-state index contributed by atoms with van der Waals surface area (Å²) in [7, 11) is 1.69. The van der Waals surface area contributed by atoms with Crippen LogP contribution in [0.2, 0.25) is 0 Å². The molecule has 0 radical (unpaired) electrons. The van der Waals surface area contributed by atoms with E-state index in [1.807, 2.05) is 19.1 Å². The van der Waals surface area contributed by atoms with Crippen molar-refractivity contribution in [3.63, 3.8) is 0 Å². The molecule has 5 heteroatoms. The van der Waals surface area contributed by atoms with Gasteiger partial charge in [-0.1, -0.05) is 12.1 Å². The molecule has 1 aromatic carbocycles. The lowest BCUT2D eigenvalue weighted by Crippen LogP contribution is -2.47. The fourth-order valence-electron chi connectivity index (χ4n) is 2.52. The van der Waals surface area contributed by atoms with Crippen LogP contribution in [0.25, 0.3) is 0 Å². The second-order valence-corrected chi connectivity index (χ2v) is 5.21. The minimum atomic E-state index is -0.126. The number of rotatable bonds is 6. The molecule has 0 unspecified atom stereocenters. The second kappa shape index (κ2) is 8.00. The average molecular weight is 292 g/mol. The van der Waals surface area contributed by atoms with Gasteiger partial charge in [-0.05, 0) is 24.6 Å². The van der Waals surface area contributed by atoms with Gasteiger partial charge in [-0.15, -0.1) is 0 Å². The lowest BCUT2D eigenvalue weighted by Gasteiger charge is -2.34. The number of piperazine rings is 1. The van der Waals surface area contributed by atoms with Crippen molar-refractivity contribution in [2.75, 3.05) is 46.4 Å². The fourth-order valence-corrected chi connectivity index (χ4v) is 2.52. The number of ether oxygens (including phenoxy) is 2. The first kappa shape index (κ1) is 15.8. The third-order valence-electron chi connectivity index (χ3n) is 3.66. The number of benzene rings is 1. The summed E-state index contributed by atoms with van der Waals surface area (Å²) in [6.07, 6.45) is 0. The van der Waals surface area contributed by atoms with Gasteiger partial charge in [0.15, 0.2) is 0 Å². The van der Waals surface area contributed by atoms with Crippen LogP contribution in [0.1, 0.15) is 12.5 Å². The Morgan fingerprint density at radius 3 is 2.57 bits per heavy atom. The van der Waals surface area contributed by atoms with Crippen molar-refractivity contribution in [2.24, 2.45) is 0 Å². The molecule has 0 spiro atoms. The zero-order valence-electron chi connectivity index (χ0n) is 12.9. The monoisotopic (exact) mass is 292 g/mol. The predicted molar refractivity (Wildman–Crippen MR) is 81.3 cm³/mol. The molecule has 0 N–H and O–H groups in total. The molecule has 116 valence electrons. The molecule has 0 saturated carbocycles. The van der Waals surface area contributed by atoms with E-state index in [0.29, 0.717) is 13.2 Å². The molecule has 1 aliphatic heterocycles. The fraction of sp³-hybridized carbons (Fsp3) is 0.562. The van der Waals surface area contributed by atoms with Gasteiger partial charge in [-0.25, -0.2) is 0 Å². The highest BCUT2D eigenvalue weighted by atomic mass is 16.5. The average Bonchev–Trinajstić information content (AvgIpc) is 2.50. The van der Waals surface area contributed by atoms with Gasteiger partial charge >= 0.3 is 5.97 Å². The highest BCUT2D eigenvalue weighted by molar-refractivity contribution is 5.71. The molecule has 5 nitrogen and oxygen atoms in total. The van der Waals surface area contributed by atoms with Gasteiger partial charge in [-0.3, -0.25) is 14.6 Å². The van der Waals surface area contributed by atoms with Gasteiger partial charge in [0.1, 0.15) is 5.75 Å². The Kier molecular flexibility index (Phi) is 6.02. The van der Waals surface area contributed by atoms with Gasteiger partial charge in [0.05, 0.1) is 20.3 Å². The molecule has 1 heterocycles. The number of carbonyl (C=O) groups is 1. The first-order valence-electron chi connectivity index (χ1n) is 7.44. The summed E-state index contributed by atoms with van der Waals surface area (Å²) in [4.78, 5) is 16.0. The summed E-state index contributed by atoms with van der Waals surface area (Å²) >= 11 is 0. The summed E-state index contributed by atoms with van der Waals surface area (Å²) in [6.45, 7) is 7.36. The smallest absolute Gasteiger partial charge is 0.320 e. The number of methoxy groups -OCH3 is 1. The van der Waals surface area contributed by atoms with E-state index in [1.165, 1.54) is 5.56 Å². The Hall–Kier alpha value is -1.59. The highest BCUT2D eigenvalue weighted by Gasteiger charge is 2.19. The number of nitrogens with zero attached hydrogens (tertiary/aromatic N) is 2. The third-order valence-corrected chi connectivity index (χ3v) is 3.66. The van der Waals surface area contributed by atoms with E-state index in [4.69, 9.17) is 9.47 Å². The van der Waals surface area contributed by atoms with Crippen LogP contribution in [-0.4, -0.2) is 62.2 Å². The van der Waals surface area contributed by atoms with Crippen molar-refractivity contribution in [3.8, 4) is 5.75 Å². The Balaban J connectivity index is 1.77. The van der Waals surface area contributed by atoms with Crippen molar-refractivity contribution in [3.05, 3.63) is 29.8 Å². The largest absolute Gasteiger partial charge is 0.497 e. The first-order valence-corrected chi connectivity index (χ1v) is 7.44. The van der Waals surface area contributed by atoms with Crippen molar-refractivity contribution in [1.29, 1.82) is 0 Å². The topological polar surface area (TPSA) is 42.0 Å². The van der Waals surface area contributed by atoms with Gasteiger partial charge in [0.2, 0.25) is 0 Å². The SMILES string of the molecule is CCOC(=O)CN1CCN(Cc2cccc(OC)c2)CC1. The van der Waals surface area contributed by atoms with Crippen LogP contribution in [-0.2, 0) is 16.1 Å². The van der Waals surface area contributed by atoms with Crippen molar-refractivity contribution in [2.45, 2.75) is 13.5 Å². The molecule has 0 aromatic heterocycles. The number of carbonyl (C=O) groups excluding carboxylic acids is 1. The summed E-state index contributed by atoms with van der Waals surface area (Å²) < 4.78 is 10.2. The first-order chi connectivity index (χ1) is 10.2. The number of hydrogen-bond donors (Lipinski definition) is 0. The molecule has 1 aromatic rings. The molecule has 0 atom stereocenters. The van der Waals surface area contributed by atoms with Crippen LogP contribution < -0.4 is 4.74 Å². The molecule has 0 amide bonds. The maximum atomic E-state index is 11.5. The van der Waals surface area contributed by atoms with E-state index in [9.17, 15) is 4.79 Å². The summed E-state index contributed by atoms with van der Waals surface area (Å²) in [5, 5.41) is 0. The molecular formula is C16H24N2O3. The van der Waals surface area contributed by atoms with Crippen LogP contribution >= 0.6 is 0 Å². The Morgan fingerprint density at radius 2 is 1.90 bits per heavy atom. The number of hydrogen-bond acceptors (Lipinski definition) is 5. The standard InChI is InChI=1S/C16H24N2O3/c1-3-21-16(19)13-18-9-7-17(8-10-18)12-14-5-4-6-15(11-14)20-2/h4-6,11H,3,7-10,12-13H2,1-2H3. The van der Waals surface area contributed by atoms with Gasteiger partial charge < -0.3 is 9.47 Å². The molecule has 21 heavy (non-hydrogen) atoms. The minimum absolute atomic E-state index is 0.126. The summed E-state index contributed by atoms with van der Waals surface area (Å²) in [5.74, 6) is 0.771. The summed E-state index contributed by atoms with van der Waals surface area (Å²) in [6, 6.07) is 8.17. The van der Waals surface area contributed by atoms with Crippen molar-refractivity contribution in [1.82, 2.24) is 9.80 Å². The van der Waals surface area contributed by atoms with Gasteiger partial charge in [0.25, 0.3) is 0 Å². The molecule has 1 aliphatic rings. The Morgan fingerprint density at radius 1 is 1.19 bits per heavy atom. The minimum Gasteiger partial charge on any atom is -0.497 e.